The Morgan fingerprint density at radius 2 is 1.73 bits per heavy atom. The van der Waals surface area contributed by atoms with Crippen LogP contribution in [0.3, 0.4) is 0 Å². The number of aryl methyl sites for hydroxylation is 2. The smallest absolute Gasteiger partial charge is 0.408 e. The molecule has 0 saturated heterocycles. The second-order valence-electron chi connectivity index (χ2n) is 6.74. The molecule has 0 spiro atoms. The average molecular weight is 354 g/mol. The Balaban J connectivity index is 1.97. The first-order valence-corrected chi connectivity index (χ1v) is 8.72. The summed E-state index contributed by atoms with van der Waals surface area (Å²) in [5, 5.41) is 5.57. The molecule has 0 aliphatic heterocycles. The number of hydrogen-bond acceptors (Lipinski definition) is 3. The van der Waals surface area contributed by atoms with Gasteiger partial charge in [0.05, 0.1) is 0 Å². The van der Waals surface area contributed by atoms with E-state index >= 15 is 0 Å². The van der Waals surface area contributed by atoms with Crippen LogP contribution in [0.15, 0.2) is 48.5 Å². The van der Waals surface area contributed by atoms with Gasteiger partial charge in [-0.1, -0.05) is 56.3 Å². The maximum Gasteiger partial charge on any atom is 0.408 e. The maximum atomic E-state index is 12.6. The molecule has 0 aliphatic carbocycles. The first kappa shape index (κ1) is 19.5. The fourth-order valence-corrected chi connectivity index (χ4v) is 2.51. The molecule has 1 unspecified atom stereocenters. The Morgan fingerprint density at radius 3 is 2.38 bits per heavy atom. The minimum atomic E-state index is -0.682. The van der Waals surface area contributed by atoms with Crippen LogP contribution in [-0.4, -0.2) is 18.0 Å². The van der Waals surface area contributed by atoms with E-state index < -0.39 is 12.1 Å². The fourth-order valence-electron chi connectivity index (χ4n) is 2.51. The molecule has 2 amide bonds. The van der Waals surface area contributed by atoms with E-state index in [0.29, 0.717) is 0 Å². The van der Waals surface area contributed by atoms with Crippen molar-refractivity contribution in [1.29, 1.82) is 0 Å². The number of amides is 2. The lowest BCUT2D eigenvalue weighted by Gasteiger charge is -2.22. The van der Waals surface area contributed by atoms with Crippen molar-refractivity contribution in [1.82, 2.24) is 5.32 Å². The van der Waals surface area contributed by atoms with E-state index in [0.717, 1.165) is 22.4 Å². The highest BCUT2D eigenvalue weighted by Gasteiger charge is 2.25. The van der Waals surface area contributed by atoms with Crippen LogP contribution in [0.4, 0.5) is 10.5 Å². The summed E-state index contributed by atoms with van der Waals surface area (Å²) in [6, 6.07) is 14.6. The molecule has 0 fully saturated rings. The average Bonchev–Trinajstić information content (AvgIpc) is 2.61. The zero-order valence-corrected chi connectivity index (χ0v) is 15.7. The summed E-state index contributed by atoms with van der Waals surface area (Å²) in [5.41, 5.74) is 3.67. The van der Waals surface area contributed by atoms with Crippen LogP contribution in [0.25, 0.3) is 0 Å². The number of rotatable bonds is 6. The molecular weight excluding hydrogens is 328 g/mol. The largest absolute Gasteiger partial charge is 0.445 e. The van der Waals surface area contributed by atoms with Gasteiger partial charge in [0.15, 0.2) is 0 Å². The summed E-state index contributed by atoms with van der Waals surface area (Å²) < 4.78 is 5.22. The van der Waals surface area contributed by atoms with Gasteiger partial charge < -0.3 is 15.4 Å². The van der Waals surface area contributed by atoms with Crippen molar-refractivity contribution in [3.05, 3.63) is 65.2 Å². The molecule has 5 nitrogen and oxygen atoms in total. The van der Waals surface area contributed by atoms with Crippen molar-refractivity contribution in [3.63, 3.8) is 0 Å². The van der Waals surface area contributed by atoms with Gasteiger partial charge in [0.25, 0.3) is 0 Å². The van der Waals surface area contributed by atoms with Gasteiger partial charge >= 0.3 is 6.09 Å². The van der Waals surface area contributed by atoms with E-state index in [1.54, 1.807) is 0 Å². The molecule has 0 aromatic heterocycles. The Kier molecular flexibility index (Phi) is 6.78. The van der Waals surface area contributed by atoms with Crippen LogP contribution in [0, 0.1) is 19.8 Å². The van der Waals surface area contributed by atoms with Gasteiger partial charge in [-0.05, 0) is 42.5 Å². The van der Waals surface area contributed by atoms with E-state index in [1.807, 2.05) is 76.2 Å². The van der Waals surface area contributed by atoms with E-state index in [9.17, 15) is 9.59 Å². The number of anilines is 1. The van der Waals surface area contributed by atoms with Gasteiger partial charge in [-0.2, -0.15) is 0 Å². The molecule has 2 rings (SSSR count). The van der Waals surface area contributed by atoms with Crippen LogP contribution >= 0.6 is 0 Å². The van der Waals surface area contributed by atoms with Gasteiger partial charge in [-0.15, -0.1) is 0 Å². The van der Waals surface area contributed by atoms with Gasteiger partial charge in [0.1, 0.15) is 12.6 Å². The molecular formula is C21H26N2O3. The predicted molar refractivity (Wildman–Crippen MR) is 103 cm³/mol. The molecule has 0 saturated carbocycles. The molecule has 2 aromatic rings. The molecule has 138 valence electrons. The third-order valence-electron chi connectivity index (χ3n) is 4.09. The van der Waals surface area contributed by atoms with Crippen molar-refractivity contribution in [2.24, 2.45) is 5.92 Å². The highest BCUT2D eigenvalue weighted by Crippen LogP contribution is 2.17. The van der Waals surface area contributed by atoms with Gasteiger partial charge in [-0.25, -0.2) is 4.79 Å². The molecule has 0 aliphatic rings. The number of carbonyl (C=O) groups excluding carboxylic acids is 2. The summed E-state index contributed by atoms with van der Waals surface area (Å²) in [6.45, 7) is 7.82. The van der Waals surface area contributed by atoms with Gasteiger partial charge in [0, 0.05) is 5.69 Å². The number of alkyl carbamates (subject to hydrolysis) is 1. The highest BCUT2D eigenvalue weighted by atomic mass is 16.5. The zero-order chi connectivity index (χ0) is 19.1. The van der Waals surface area contributed by atoms with Crippen LogP contribution in [-0.2, 0) is 16.1 Å². The number of hydrogen-bond donors (Lipinski definition) is 2. The van der Waals surface area contributed by atoms with Crippen LogP contribution in [0.1, 0.15) is 30.5 Å². The number of benzene rings is 2. The van der Waals surface area contributed by atoms with Crippen LogP contribution < -0.4 is 10.6 Å². The molecule has 0 bridgehead atoms. The number of ether oxygens (including phenoxy) is 1. The molecule has 5 heteroatoms. The molecule has 2 aromatic carbocycles. The summed E-state index contributed by atoms with van der Waals surface area (Å²) in [6.07, 6.45) is -0.608. The van der Waals surface area contributed by atoms with Crippen molar-refractivity contribution in [2.45, 2.75) is 40.3 Å². The van der Waals surface area contributed by atoms with Crippen LogP contribution in [0.2, 0.25) is 0 Å². The Bertz CT molecular complexity index is 757. The summed E-state index contributed by atoms with van der Waals surface area (Å²) >= 11 is 0. The minimum absolute atomic E-state index is 0.0793. The van der Waals surface area contributed by atoms with Crippen molar-refractivity contribution in [2.75, 3.05) is 5.32 Å². The molecule has 0 radical (unpaired) electrons. The van der Waals surface area contributed by atoms with Crippen LogP contribution in [0.5, 0.6) is 0 Å². The normalized spacial score (nSPS) is 11.7. The lowest BCUT2D eigenvalue weighted by atomic mass is 10.0. The Labute approximate surface area is 154 Å². The standard InChI is InChI=1S/C21H26N2O3/c1-14(2)19(20(24)22-18-12-15(3)10-11-16(18)4)23-21(25)26-13-17-8-6-5-7-9-17/h5-12,14,19H,13H2,1-4H3,(H,22,24)(H,23,25). The first-order chi connectivity index (χ1) is 12.4. The Hall–Kier alpha value is -2.82. The SMILES string of the molecule is Cc1ccc(C)c(NC(=O)C(NC(=O)OCc2ccccc2)C(C)C)c1. The molecule has 0 heterocycles. The van der Waals surface area contributed by atoms with E-state index in [1.165, 1.54) is 0 Å². The third kappa shape index (κ3) is 5.62. The topological polar surface area (TPSA) is 67.4 Å². The van der Waals surface area contributed by atoms with Gasteiger partial charge in [0.2, 0.25) is 5.91 Å². The van der Waals surface area contributed by atoms with Crippen molar-refractivity contribution in [3.8, 4) is 0 Å². The van der Waals surface area contributed by atoms with Crippen molar-refractivity contribution < 1.29 is 14.3 Å². The summed E-state index contributed by atoms with van der Waals surface area (Å²) in [5.74, 6) is -0.338. The highest BCUT2D eigenvalue weighted by molar-refractivity contribution is 5.97. The fraction of sp³-hybridized carbons (Fsp3) is 0.333. The third-order valence-corrected chi connectivity index (χ3v) is 4.09. The van der Waals surface area contributed by atoms with E-state index in [4.69, 9.17) is 4.74 Å². The molecule has 2 N–H and O–H groups in total. The second-order valence-corrected chi connectivity index (χ2v) is 6.74. The molecule has 1 atom stereocenters. The van der Waals surface area contributed by atoms with E-state index in [-0.39, 0.29) is 18.4 Å². The van der Waals surface area contributed by atoms with Gasteiger partial charge in [-0.3, -0.25) is 4.79 Å². The first-order valence-electron chi connectivity index (χ1n) is 8.72. The quantitative estimate of drug-likeness (QED) is 0.817. The maximum absolute atomic E-state index is 12.6. The number of carbonyl (C=O) groups is 2. The second kappa shape index (κ2) is 9.04. The summed E-state index contributed by atoms with van der Waals surface area (Å²) in [7, 11) is 0. The van der Waals surface area contributed by atoms with E-state index in [2.05, 4.69) is 10.6 Å². The summed E-state index contributed by atoms with van der Waals surface area (Å²) in [4.78, 5) is 24.7. The lowest BCUT2D eigenvalue weighted by Crippen LogP contribution is -2.47. The van der Waals surface area contributed by atoms with Crippen molar-refractivity contribution >= 4 is 17.7 Å². The zero-order valence-electron chi connectivity index (χ0n) is 15.7. The predicted octanol–water partition coefficient (Wildman–Crippen LogP) is 4.19. The lowest BCUT2D eigenvalue weighted by molar-refractivity contribution is -0.119. The minimum Gasteiger partial charge on any atom is -0.445 e. The molecule has 26 heavy (non-hydrogen) atoms. The number of nitrogens with one attached hydrogen (secondary N) is 2. The Morgan fingerprint density at radius 1 is 1.04 bits per heavy atom. The monoisotopic (exact) mass is 354 g/mol.